The normalized spacial score (nSPS) is 19.7. The Morgan fingerprint density at radius 1 is 1.26 bits per heavy atom. The van der Waals surface area contributed by atoms with Crippen LogP contribution in [0.5, 0.6) is 0 Å². The van der Waals surface area contributed by atoms with Crippen LogP contribution in [0.4, 0.5) is 0 Å². The molecule has 1 fully saturated rings. The van der Waals surface area contributed by atoms with Gasteiger partial charge in [-0.05, 0) is 50.5 Å². The summed E-state index contributed by atoms with van der Waals surface area (Å²) in [6, 6.07) is 8.33. The molecule has 1 aromatic carbocycles. The maximum absolute atomic E-state index is 4.75. The van der Waals surface area contributed by atoms with Gasteiger partial charge < -0.3 is 14.8 Å². The Balaban J connectivity index is 1.53. The summed E-state index contributed by atoms with van der Waals surface area (Å²) in [5.74, 6) is 1.89. The van der Waals surface area contributed by atoms with Gasteiger partial charge in [0.1, 0.15) is 5.82 Å². The number of hydrogen-bond acceptors (Lipinski definition) is 3. The monoisotopic (exact) mass is 314 g/mol. The highest BCUT2D eigenvalue weighted by atomic mass is 15.2. The molecular formula is C19H30N4. The van der Waals surface area contributed by atoms with Crippen molar-refractivity contribution in [3.63, 3.8) is 0 Å². The Bertz CT molecular complexity index is 569. The SMILES string of the molecule is CCN(CC)CCN1CCCC(Cc2nc3ccccc3[nH]2)C1. The van der Waals surface area contributed by atoms with E-state index in [2.05, 4.69) is 52.9 Å². The number of imidazole rings is 1. The van der Waals surface area contributed by atoms with Gasteiger partial charge in [-0.15, -0.1) is 0 Å². The first-order valence-corrected chi connectivity index (χ1v) is 9.16. The van der Waals surface area contributed by atoms with E-state index in [1.54, 1.807) is 0 Å². The Hall–Kier alpha value is -1.39. The highest BCUT2D eigenvalue weighted by Crippen LogP contribution is 2.21. The predicted octanol–water partition coefficient (Wildman–Crippen LogP) is 3.16. The van der Waals surface area contributed by atoms with Crippen LogP contribution in [-0.2, 0) is 6.42 Å². The van der Waals surface area contributed by atoms with E-state index in [0.717, 1.165) is 42.3 Å². The lowest BCUT2D eigenvalue weighted by molar-refractivity contribution is 0.150. The number of piperidine rings is 1. The summed E-state index contributed by atoms with van der Waals surface area (Å²) in [4.78, 5) is 13.4. The van der Waals surface area contributed by atoms with Gasteiger partial charge in [0.05, 0.1) is 11.0 Å². The molecule has 1 saturated heterocycles. The summed E-state index contributed by atoms with van der Waals surface area (Å²) in [6.45, 7) is 11.7. The molecule has 1 aromatic heterocycles. The fourth-order valence-corrected chi connectivity index (χ4v) is 3.72. The average molecular weight is 314 g/mol. The molecule has 126 valence electrons. The number of benzene rings is 1. The lowest BCUT2D eigenvalue weighted by atomic mass is 9.94. The molecule has 1 aliphatic rings. The highest BCUT2D eigenvalue weighted by molar-refractivity contribution is 5.74. The van der Waals surface area contributed by atoms with Gasteiger partial charge in [-0.1, -0.05) is 26.0 Å². The van der Waals surface area contributed by atoms with Crippen LogP contribution < -0.4 is 0 Å². The van der Waals surface area contributed by atoms with Gasteiger partial charge >= 0.3 is 0 Å². The Morgan fingerprint density at radius 2 is 2.09 bits per heavy atom. The average Bonchev–Trinajstić information content (AvgIpc) is 2.98. The molecule has 4 heteroatoms. The number of likely N-dealkylation sites (N-methyl/N-ethyl adjacent to an activating group) is 1. The number of fused-ring (bicyclic) bond motifs is 1. The van der Waals surface area contributed by atoms with Gasteiger partial charge in [0, 0.05) is 26.1 Å². The van der Waals surface area contributed by atoms with E-state index in [-0.39, 0.29) is 0 Å². The summed E-state index contributed by atoms with van der Waals surface area (Å²) in [6.07, 6.45) is 3.73. The van der Waals surface area contributed by atoms with Crippen LogP contribution in [-0.4, -0.2) is 59.0 Å². The summed E-state index contributed by atoms with van der Waals surface area (Å²) < 4.78 is 0. The third kappa shape index (κ3) is 4.33. The molecule has 1 unspecified atom stereocenters. The largest absolute Gasteiger partial charge is 0.342 e. The van der Waals surface area contributed by atoms with Crippen LogP contribution in [0.25, 0.3) is 11.0 Å². The first kappa shape index (κ1) is 16.5. The van der Waals surface area contributed by atoms with Gasteiger partial charge in [-0.25, -0.2) is 4.98 Å². The number of para-hydroxylation sites is 2. The molecule has 0 radical (unpaired) electrons. The minimum absolute atomic E-state index is 0.737. The van der Waals surface area contributed by atoms with Crippen LogP contribution >= 0.6 is 0 Å². The number of hydrogen-bond donors (Lipinski definition) is 1. The molecule has 23 heavy (non-hydrogen) atoms. The maximum Gasteiger partial charge on any atom is 0.107 e. The summed E-state index contributed by atoms with van der Waals surface area (Å²) >= 11 is 0. The lowest BCUT2D eigenvalue weighted by Crippen LogP contribution is -2.41. The molecule has 2 aromatic rings. The van der Waals surface area contributed by atoms with Crippen molar-refractivity contribution < 1.29 is 0 Å². The molecule has 1 atom stereocenters. The van der Waals surface area contributed by atoms with E-state index < -0.39 is 0 Å². The first-order valence-electron chi connectivity index (χ1n) is 9.16. The second-order valence-corrected chi connectivity index (χ2v) is 6.74. The first-order chi connectivity index (χ1) is 11.3. The fraction of sp³-hybridized carbons (Fsp3) is 0.632. The van der Waals surface area contributed by atoms with Crippen molar-refractivity contribution in [1.82, 2.24) is 19.8 Å². The quantitative estimate of drug-likeness (QED) is 0.852. The molecular weight excluding hydrogens is 284 g/mol. The molecule has 0 spiro atoms. The number of H-pyrrole nitrogens is 1. The fourth-order valence-electron chi connectivity index (χ4n) is 3.72. The number of rotatable bonds is 7. The lowest BCUT2D eigenvalue weighted by Gasteiger charge is -2.33. The zero-order chi connectivity index (χ0) is 16.1. The molecule has 0 aliphatic carbocycles. The van der Waals surface area contributed by atoms with E-state index in [1.165, 1.54) is 39.0 Å². The van der Waals surface area contributed by atoms with E-state index in [1.807, 2.05) is 0 Å². The third-order valence-corrected chi connectivity index (χ3v) is 5.15. The summed E-state index contributed by atoms with van der Waals surface area (Å²) in [5, 5.41) is 0. The van der Waals surface area contributed by atoms with Crippen molar-refractivity contribution in [3.05, 3.63) is 30.1 Å². The number of likely N-dealkylation sites (tertiary alicyclic amines) is 1. The molecule has 2 heterocycles. The predicted molar refractivity (Wildman–Crippen MR) is 96.7 cm³/mol. The molecule has 1 aliphatic heterocycles. The zero-order valence-electron chi connectivity index (χ0n) is 14.6. The van der Waals surface area contributed by atoms with Crippen LogP contribution in [0.3, 0.4) is 0 Å². The van der Waals surface area contributed by atoms with Crippen LogP contribution in [0, 0.1) is 5.92 Å². The van der Waals surface area contributed by atoms with Crippen LogP contribution in [0.2, 0.25) is 0 Å². The Labute approximate surface area is 139 Å². The van der Waals surface area contributed by atoms with Gasteiger partial charge in [0.15, 0.2) is 0 Å². The van der Waals surface area contributed by atoms with Crippen molar-refractivity contribution in [2.45, 2.75) is 33.1 Å². The topological polar surface area (TPSA) is 35.2 Å². The van der Waals surface area contributed by atoms with E-state index >= 15 is 0 Å². The third-order valence-electron chi connectivity index (χ3n) is 5.15. The van der Waals surface area contributed by atoms with Gasteiger partial charge in [-0.2, -0.15) is 0 Å². The smallest absolute Gasteiger partial charge is 0.107 e. The van der Waals surface area contributed by atoms with Crippen molar-refractivity contribution in [3.8, 4) is 0 Å². The van der Waals surface area contributed by atoms with Gasteiger partial charge in [0.2, 0.25) is 0 Å². The number of nitrogens with zero attached hydrogens (tertiary/aromatic N) is 3. The molecule has 3 rings (SSSR count). The molecule has 0 bridgehead atoms. The molecule has 0 amide bonds. The number of aromatic nitrogens is 2. The number of nitrogens with one attached hydrogen (secondary N) is 1. The van der Waals surface area contributed by atoms with E-state index in [0.29, 0.717) is 0 Å². The van der Waals surface area contributed by atoms with Crippen molar-refractivity contribution >= 4 is 11.0 Å². The van der Waals surface area contributed by atoms with Crippen molar-refractivity contribution in [2.24, 2.45) is 5.92 Å². The number of aromatic amines is 1. The maximum atomic E-state index is 4.75. The summed E-state index contributed by atoms with van der Waals surface area (Å²) in [5.41, 5.74) is 2.26. The second kappa shape index (κ2) is 7.93. The minimum Gasteiger partial charge on any atom is -0.342 e. The van der Waals surface area contributed by atoms with Crippen LogP contribution in [0.15, 0.2) is 24.3 Å². The molecule has 4 nitrogen and oxygen atoms in total. The van der Waals surface area contributed by atoms with Crippen LogP contribution in [0.1, 0.15) is 32.5 Å². The minimum atomic E-state index is 0.737. The summed E-state index contributed by atoms with van der Waals surface area (Å²) in [7, 11) is 0. The molecule has 0 saturated carbocycles. The van der Waals surface area contributed by atoms with Crippen molar-refractivity contribution in [1.29, 1.82) is 0 Å². The molecule has 1 N–H and O–H groups in total. The Morgan fingerprint density at radius 3 is 2.87 bits per heavy atom. The van der Waals surface area contributed by atoms with E-state index in [4.69, 9.17) is 4.98 Å². The van der Waals surface area contributed by atoms with Crippen molar-refractivity contribution in [2.75, 3.05) is 39.3 Å². The van der Waals surface area contributed by atoms with Gasteiger partial charge in [-0.3, -0.25) is 0 Å². The zero-order valence-corrected chi connectivity index (χ0v) is 14.6. The highest BCUT2D eigenvalue weighted by Gasteiger charge is 2.21. The van der Waals surface area contributed by atoms with Gasteiger partial charge in [0.25, 0.3) is 0 Å². The Kier molecular flexibility index (Phi) is 5.68. The second-order valence-electron chi connectivity index (χ2n) is 6.74. The van der Waals surface area contributed by atoms with E-state index in [9.17, 15) is 0 Å². The standard InChI is InChI=1S/C19H30N4/c1-3-22(4-2)12-13-23-11-7-8-16(15-23)14-19-20-17-9-5-6-10-18(17)21-19/h5-6,9-10,16H,3-4,7-8,11-15H2,1-2H3,(H,20,21).